The first-order chi connectivity index (χ1) is 13.1. The second-order valence-corrected chi connectivity index (χ2v) is 7.34. The van der Waals surface area contributed by atoms with Gasteiger partial charge in [-0.1, -0.05) is 60.1 Å². The predicted octanol–water partition coefficient (Wildman–Crippen LogP) is 3.62. The number of rotatable bonds is 7. The van der Waals surface area contributed by atoms with Crippen LogP contribution < -0.4 is 5.32 Å². The molecule has 1 aliphatic rings. The van der Waals surface area contributed by atoms with E-state index in [-0.39, 0.29) is 11.8 Å². The molecule has 3 rings (SSSR count). The summed E-state index contributed by atoms with van der Waals surface area (Å²) < 4.78 is 0. The average Bonchev–Trinajstić information content (AvgIpc) is 3.22. The lowest BCUT2D eigenvalue weighted by molar-refractivity contribution is -0.135. The summed E-state index contributed by atoms with van der Waals surface area (Å²) in [5.74, 6) is -0.106. The molecule has 1 unspecified atom stereocenters. The number of aryl methyl sites for hydroxylation is 1. The first kappa shape index (κ1) is 19.4. The lowest BCUT2D eigenvalue weighted by atomic mass is 10.0. The quantitative estimate of drug-likeness (QED) is 0.792. The number of carbonyl (C=O) groups excluding carboxylic acids is 2. The zero-order chi connectivity index (χ0) is 19.1. The van der Waals surface area contributed by atoms with Crippen molar-refractivity contribution >= 4 is 23.4 Å². The number of hydrogen-bond donors (Lipinski definition) is 1. The Labute approximate surface area is 165 Å². The highest BCUT2D eigenvalue weighted by Crippen LogP contribution is 2.17. The van der Waals surface area contributed by atoms with Gasteiger partial charge in [-0.3, -0.25) is 9.59 Å². The van der Waals surface area contributed by atoms with Crippen LogP contribution in [0.4, 0.5) is 0 Å². The van der Waals surface area contributed by atoms with Crippen molar-refractivity contribution in [2.24, 2.45) is 0 Å². The molecule has 27 heavy (non-hydrogen) atoms. The SMILES string of the molecule is O=C(CCc1ccccc1Cl)NC(Cc1ccccc1)C(=O)N1CCCC1. The standard InChI is InChI=1S/C22H25ClN2O2/c23-19-11-5-4-10-18(19)12-13-21(26)24-20(16-17-8-2-1-3-9-17)22(27)25-14-6-7-15-25/h1-5,8-11,20H,6-7,12-16H2,(H,24,26). The molecule has 2 amide bonds. The van der Waals surface area contributed by atoms with Crippen LogP contribution in [0.3, 0.4) is 0 Å². The van der Waals surface area contributed by atoms with Gasteiger partial charge in [0.1, 0.15) is 6.04 Å². The van der Waals surface area contributed by atoms with E-state index in [1.165, 1.54) is 0 Å². The summed E-state index contributed by atoms with van der Waals surface area (Å²) in [5, 5.41) is 3.62. The van der Waals surface area contributed by atoms with Crippen LogP contribution in [0.25, 0.3) is 0 Å². The third-order valence-corrected chi connectivity index (χ3v) is 5.28. The van der Waals surface area contributed by atoms with Crippen LogP contribution >= 0.6 is 11.6 Å². The van der Waals surface area contributed by atoms with E-state index in [4.69, 9.17) is 11.6 Å². The van der Waals surface area contributed by atoms with Gasteiger partial charge in [0, 0.05) is 31.0 Å². The van der Waals surface area contributed by atoms with Gasteiger partial charge in [0.25, 0.3) is 0 Å². The van der Waals surface area contributed by atoms with Crippen LogP contribution in [0.5, 0.6) is 0 Å². The van der Waals surface area contributed by atoms with Crippen LogP contribution in [-0.2, 0) is 22.4 Å². The molecule has 1 saturated heterocycles. The number of nitrogens with one attached hydrogen (secondary N) is 1. The fourth-order valence-electron chi connectivity index (χ4n) is 3.42. The molecule has 0 aliphatic carbocycles. The molecule has 142 valence electrons. The van der Waals surface area contributed by atoms with E-state index in [9.17, 15) is 9.59 Å². The van der Waals surface area contributed by atoms with Crippen molar-refractivity contribution in [3.63, 3.8) is 0 Å². The van der Waals surface area contributed by atoms with Gasteiger partial charge in [-0.15, -0.1) is 0 Å². The van der Waals surface area contributed by atoms with Crippen LogP contribution in [0.2, 0.25) is 5.02 Å². The molecule has 1 N–H and O–H groups in total. The fraction of sp³-hybridized carbons (Fsp3) is 0.364. The molecule has 1 fully saturated rings. The predicted molar refractivity (Wildman–Crippen MR) is 108 cm³/mol. The Bertz CT molecular complexity index is 773. The number of carbonyl (C=O) groups is 2. The molecule has 0 saturated carbocycles. The summed E-state index contributed by atoms with van der Waals surface area (Å²) in [6.45, 7) is 1.55. The molecule has 1 aliphatic heterocycles. The Morgan fingerprint density at radius 1 is 1.00 bits per heavy atom. The van der Waals surface area contributed by atoms with Crippen molar-refractivity contribution in [3.05, 3.63) is 70.7 Å². The largest absolute Gasteiger partial charge is 0.344 e. The summed E-state index contributed by atoms with van der Waals surface area (Å²) in [5.41, 5.74) is 1.99. The summed E-state index contributed by atoms with van der Waals surface area (Å²) in [4.78, 5) is 27.3. The molecule has 0 bridgehead atoms. The Balaban J connectivity index is 1.63. The molecule has 2 aromatic rings. The van der Waals surface area contributed by atoms with E-state index in [0.29, 0.717) is 24.3 Å². The zero-order valence-electron chi connectivity index (χ0n) is 15.4. The molecule has 1 heterocycles. The van der Waals surface area contributed by atoms with Gasteiger partial charge < -0.3 is 10.2 Å². The van der Waals surface area contributed by atoms with Crippen molar-refractivity contribution in [1.29, 1.82) is 0 Å². The Morgan fingerprint density at radius 3 is 2.37 bits per heavy atom. The van der Waals surface area contributed by atoms with Crippen LogP contribution in [0.1, 0.15) is 30.4 Å². The minimum atomic E-state index is -0.524. The maximum absolute atomic E-state index is 12.9. The molecule has 0 radical (unpaired) electrons. The first-order valence-corrected chi connectivity index (χ1v) is 9.87. The molecule has 5 heteroatoms. The molecule has 4 nitrogen and oxygen atoms in total. The summed E-state index contributed by atoms with van der Waals surface area (Å²) in [7, 11) is 0. The molecular formula is C22H25ClN2O2. The molecule has 0 spiro atoms. The van der Waals surface area contributed by atoms with Gasteiger partial charge >= 0.3 is 0 Å². The van der Waals surface area contributed by atoms with Gasteiger partial charge in [-0.05, 0) is 36.5 Å². The van der Waals surface area contributed by atoms with Crippen molar-refractivity contribution in [1.82, 2.24) is 10.2 Å². The minimum Gasteiger partial charge on any atom is -0.344 e. The Kier molecular flexibility index (Phi) is 6.88. The average molecular weight is 385 g/mol. The van der Waals surface area contributed by atoms with Gasteiger partial charge in [0.05, 0.1) is 0 Å². The van der Waals surface area contributed by atoms with Gasteiger partial charge in [0.2, 0.25) is 11.8 Å². The number of likely N-dealkylation sites (tertiary alicyclic amines) is 1. The highest BCUT2D eigenvalue weighted by Gasteiger charge is 2.27. The Hall–Kier alpha value is -2.33. The second-order valence-electron chi connectivity index (χ2n) is 6.93. The number of nitrogens with zero attached hydrogens (tertiary/aromatic N) is 1. The highest BCUT2D eigenvalue weighted by molar-refractivity contribution is 6.31. The lowest BCUT2D eigenvalue weighted by Gasteiger charge is -2.24. The number of benzene rings is 2. The normalized spacial score (nSPS) is 14.8. The highest BCUT2D eigenvalue weighted by atomic mass is 35.5. The van der Waals surface area contributed by atoms with E-state index in [2.05, 4.69) is 5.32 Å². The molecular weight excluding hydrogens is 360 g/mol. The van der Waals surface area contributed by atoms with Crippen LogP contribution in [0, 0.1) is 0 Å². The van der Waals surface area contributed by atoms with E-state index in [0.717, 1.165) is 37.1 Å². The van der Waals surface area contributed by atoms with Crippen LogP contribution in [-0.4, -0.2) is 35.8 Å². The third-order valence-electron chi connectivity index (χ3n) is 4.91. The summed E-state index contributed by atoms with van der Waals surface area (Å²) >= 11 is 6.16. The smallest absolute Gasteiger partial charge is 0.245 e. The van der Waals surface area contributed by atoms with Gasteiger partial charge in [-0.2, -0.15) is 0 Å². The van der Waals surface area contributed by atoms with Gasteiger partial charge in [0.15, 0.2) is 0 Å². The Morgan fingerprint density at radius 2 is 1.67 bits per heavy atom. The third kappa shape index (κ3) is 5.57. The minimum absolute atomic E-state index is 0.0162. The summed E-state index contributed by atoms with van der Waals surface area (Å²) in [6, 6.07) is 16.8. The topological polar surface area (TPSA) is 49.4 Å². The molecule has 1 atom stereocenters. The number of hydrogen-bond acceptors (Lipinski definition) is 2. The monoisotopic (exact) mass is 384 g/mol. The number of amides is 2. The molecule has 2 aromatic carbocycles. The van der Waals surface area contributed by atoms with E-state index >= 15 is 0 Å². The summed E-state index contributed by atoms with van der Waals surface area (Å²) in [6.07, 6.45) is 3.44. The lowest BCUT2D eigenvalue weighted by Crippen LogP contribution is -2.49. The zero-order valence-corrected chi connectivity index (χ0v) is 16.1. The van der Waals surface area contributed by atoms with E-state index in [1.54, 1.807) is 0 Å². The van der Waals surface area contributed by atoms with E-state index in [1.807, 2.05) is 59.5 Å². The van der Waals surface area contributed by atoms with E-state index < -0.39 is 6.04 Å². The van der Waals surface area contributed by atoms with Crippen molar-refractivity contribution in [2.75, 3.05) is 13.1 Å². The fourth-order valence-corrected chi connectivity index (χ4v) is 3.65. The maximum Gasteiger partial charge on any atom is 0.245 e. The van der Waals surface area contributed by atoms with Crippen molar-refractivity contribution < 1.29 is 9.59 Å². The van der Waals surface area contributed by atoms with Crippen LogP contribution in [0.15, 0.2) is 54.6 Å². The van der Waals surface area contributed by atoms with Crippen molar-refractivity contribution in [3.8, 4) is 0 Å². The second kappa shape index (κ2) is 9.56. The maximum atomic E-state index is 12.9. The van der Waals surface area contributed by atoms with Gasteiger partial charge in [-0.25, -0.2) is 0 Å². The number of halogens is 1. The van der Waals surface area contributed by atoms with Crippen molar-refractivity contribution in [2.45, 2.75) is 38.1 Å². The first-order valence-electron chi connectivity index (χ1n) is 9.49. The molecule has 0 aromatic heterocycles.